The minimum Gasteiger partial charge on any atom is -0.493 e. The molecule has 2 amide bonds. The van der Waals surface area contributed by atoms with E-state index in [1.165, 1.54) is 136 Å². The van der Waals surface area contributed by atoms with Crippen molar-refractivity contribution in [2.45, 2.75) is 90.3 Å². The van der Waals surface area contributed by atoms with Crippen LogP contribution in [-0.4, -0.2) is 112 Å². The van der Waals surface area contributed by atoms with Gasteiger partial charge in [0.25, 0.3) is 41.1 Å². The lowest BCUT2D eigenvalue weighted by Crippen LogP contribution is -2.19. The molecule has 0 aliphatic carbocycles. The van der Waals surface area contributed by atoms with Crippen LogP contribution in [0.25, 0.3) is 33.8 Å². The number of carbonyl (C=O) groups is 2. The van der Waals surface area contributed by atoms with Gasteiger partial charge in [0.1, 0.15) is 17.1 Å². The van der Waals surface area contributed by atoms with Gasteiger partial charge in [-0.1, -0.05) is 43.8 Å². The number of alkyl halides is 8. The number of hydrogen-bond acceptors (Lipinski definition) is 22. The van der Waals surface area contributed by atoms with Gasteiger partial charge in [-0.3, -0.25) is 24.0 Å². The van der Waals surface area contributed by atoms with Gasteiger partial charge in [-0.05, 0) is 168 Å². The number of nitrogens with two attached hydrogens (primary N) is 1. The van der Waals surface area contributed by atoms with E-state index in [2.05, 4.69) is 40.5 Å². The SMILES string of the molecule is C.COc1ccc(Cn2cc(-c3cc(C(F)F)nc(S(=O)(=O)c4cccc(NC(C)=O)c4)n3)ccc2=O)cc1OC.COc1ccc(Cn2cc(-c3cc(C(F)F)nc(Sc4cccc(N)c4)n3)ccc2=O)cc1OC.COc1ccc(Cn2cc(-c3cc(C(F)F)nc(Sc4cccc(NC(C)=O)c4)n3)ccc2=O)cc1OC.ClCCl. The van der Waals surface area contributed by atoms with E-state index in [1.807, 2.05) is 12.1 Å². The number of amides is 2. The molecule has 0 bridgehead atoms. The Hall–Kier alpha value is -12.2. The first-order valence-electron chi connectivity index (χ1n) is 34.1. The summed E-state index contributed by atoms with van der Waals surface area (Å²) in [5.41, 5.74) is 8.45. The Bertz CT molecular complexity index is 5820. The van der Waals surface area contributed by atoms with E-state index in [0.717, 1.165) is 45.6 Å². The predicted octanol–water partition coefficient (Wildman–Crippen LogP) is 16.6. The van der Waals surface area contributed by atoms with E-state index in [9.17, 15) is 58.7 Å². The van der Waals surface area contributed by atoms with Crippen molar-refractivity contribution in [2.24, 2.45) is 0 Å². The van der Waals surface area contributed by atoms with Crippen LogP contribution in [-0.2, 0) is 39.1 Å². The summed E-state index contributed by atoms with van der Waals surface area (Å²) in [5.74, 6) is 2.51. The van der Waals surface area contributed by atoms with Crippen LogP contribution in [0.3, 0.4) is 0 Å². The van der Waals surface area contributed by atoms with Gasteiger partial charge >= 0.3 is 0 Å². The van der Waals surface area contributed by atoms with E-state index < -0.39 is 57.3 Å². The van der Waals surface area contributed by atoms with Gasteiger partial charge in [-0.15, -0.1) is 23.2 Å². The number of nitrogens with one attached hydrogen (secondary N) is 2. The van der Waals surface area contributed by atoms with Gasteiger partial charge in [-0.2, -0.15) is 0 Å². The van der Waals surface area contributed by atoms with Crippen molar-refractivity contribution >= 4 is 85.4 Å². The van der Waals surface area contributed by atoms with Crippen LogP contribution < -0.4 is 61.5 Å². The van der Waals surface area contributed by atoms with Crippen molar-refractivity contribution in [3.8, 4) is 68.3 Å². The molecule has 25 nitrogen and oxygen atoms in total. The van der Waals surface area contributed by atoms with Gasteiger partial charge in [0, 0.05) is 94.2 Å². The van der Waals surface area contributed by atoms with Crippen molar-refractivity contribution in [1.82, 2.24) is 43.6 Å². The molecule has 0 aliphatic heterocycles. The highest BCUT2D eigenvalue weighted by atomic mass is 35.5. The topological polar surface area (TPSA) is 317 Å². The number of nitrogen functional groups attached to an aromatic ring is 1. The van der Waals surface area contributed by atoms with E-state index in [0.29, 0.717) is 67.5 Å². The molecule has 0 saturated carbocycles. The summed E-state index contributed by atoms with van der Waals surface area (Å²) >= 11 is 11.7. The summed E-state index contributed by atoms with van der Waals surface area (Å²) in [4.78, 5) is 86.2. The number of methoxy groups -OCH3 is 6. The van der Waals surface area contributed by atoms with Crippen LogP contribution in [0.2, 0.25) is 0 Å². The molecule has 0 saturated heterocycles. The first-order valence-corrected chi connectivity index (χ1v) is 38.3. The van der Waals surface area contributed by atoms with E-state index >= 15 is 0 Å². The fourth-order valence-corrected chi connectivity index (χ4v) is 13.8. The Balaban J connectivity index is 0.000000215. The van der Waals surface area contributed by atoms with Crippen LogP contribution in [0.1, 0.15) is 74.3 Å². The van der Waals surface area contributed by atoms with E-state index in [1.54, 1.807) is 117 Å². The van der Waals surface area contributed by atoms with Gasteiger partial charge in [0.05, 0.1) is 89.6 Å². The average molecular weight is 1710 g/mol. The van der Waals surface area contributed by atoms with Crippen LogP contribution in [0, 0.1) is 0 Å². The second-order valence-corrected chi connectivity index (χ2v) is 29.0. The number of aromatic nitrogens is 9. The zero-order valence-corrected chi connectivity index (χ0v) is 66.7. The maximum atomic E-state index is 13.8. The number of carbonyl (C=O) groups excluding carboxylic acids is 2. The van der Waals surface area contributed by atoms with Crippen molar-refractivity contribution in [1.29, 1.82) is 0 Å². The number of halogens is 8. The Morgan fingerprint density at radius 3 is 1.14 bits per heavy atom. The fourth-order valence-electron chi connectivity index (χ4n) is 10.9. The Kier molecular flexibility index (Phi) is 32.7. The number of hydrogen-bond donors (Lipinski definition) is 3. The number of benzene rings is 6. The maximum Gasteiger partial charge on any atom is 0.280 e. The molecule has 0 aliphatic rings. The summed E-state index contributed by atoms with van der Waals surface area (Å²) in [6, 6.07) is 46.8. The molecule has 12 rings (SSSR count). The molecule has 0 atom stereocenters. The normalized spacial score (nSPS) is 10.9. The minimum atomic E-state index is -4.47. The quantitative estimate of drug-likeness (QED) is 0.0196. The molecule has 0 unspecified atom stereocenters. The van der Waals surface area contributed by atoms with Crippen molar-refractivity contribution < 1.29 is 72.8 Å². The smallest absolute Gasteiger partial charge is 0.280 e. The Morgan fingerprint density at radius 2 is 0.778 bits per heavy atom. The minimum absolute atomic E-state index is 0. The number of ether oxygens (including phenoxy) is 6. The monoisotopic (exact) mass is 1700 g/mol. The molecular weight excluding hydrogens is 1630 g/mol. The molecule has 6 heterocycles. The number of nitrogens with zero attached hydrogens (tertiary/aromatic N) is 9. The van der Waals surface area contributed by atoms with Crippen LogP contribution in [0.5, 0.6) is 34.5 Å². The summed E-state index contributed by atoms with van der Waals surface area (Å²) in [5, 5.41) is 4.76. The van der Waals surface area contributed by atoms with Crippen LogP contribution in [0.15, 0.2) is 245 Å². The highest BCUT2D eigenvalue weighted by Crippen LogP contribution is 2.37. The van der Waals surface area contributed by atoms with Gasteiger partial charge in [-0.25, -0.2) is 64.7 Å². The highest BCUT2D eigenvalue weighted by Gasteiger charge is 2.27. The largest absolute Gasteiger partial charge is 0.493 e. The molecule has 117 heavy (non-hydrogen) atoms. The van der Waals surface area contributed by atoms with Crippen molar-refractivity contribution in [2.75, 3.05) is 64.4 Å². The number of rotatable bonds is 26. The first-order chi connectivity index (χ1) is 55.5. The standard InChI is InChI=1S/C27H24F2N4O6S.C27H24F2N4O4S.C25H22F2N4O3S.CH2Cl2.CH4/c1-16(34)30-19-5-4-6-20(12-19)40(36,37)27-31-21(13-22(32-27)26(28)29)18-8-10-25(35)33(15-18)14-17-7-9-23(38-2)24(11-17)39-3;1-16(34)30-19-5-4-6-20(12-19)38-27-31-21(13-22(32-27)26(28)29)18-8-10-25(35)33(15-18)14-17-7-9-23(36-2)24(11-17)37-3;1-33-21-8-6-15(10-22(21)34-2)13-31-14-16(7-9-23(31)32)19-12-20(24(26)27)30-25(29-19)35-18-5-3-4-17(28)11-18;2-1-3;/h4-13,15,26H,14H2,1-3H3,(H,30,34);4-13,15,26H,14H2,1-3H3,(H,30,34);3-12,14,24H,13,28H2,1-2H3;1H2;1H4. The molecule has 6 aromatic heterocycles. The average Bonchev–Trinajstić information content (AvgIpc) is 0.755. The van der Waals surface area contributed by atoms with Crippen LogP contribution >= 0.6 is 46.7 Å². The molecule has 0 fully saturated rings. The van der Waals surface area contributed by atoms with Gasteiger partial charge in [0.2, 0.25) is 21.7 Å². The number of anilines is 3. The zero-order chi connectivity index (χ0) is 83.9. The van der Waals surface area contributed by atoms with Crippen molar-refractivity contribution in [3.63, 3.8) is 0 Å². The summed E-state index contributed by atoms with van der Waals surface area (Å²) < 4.78 is 145. The first kappa shape index (κ1) is 90.3. The Labute approximate surface area is 686 Å². The van der Waals surface area contributed by atoms with Gasteiger partial charge in [0.15, 0.2) is 44.8 Å². The molecule has 612 valence electrons. The number of sulfone groups is 1. The lowest BCUT2D eigenvalue weighted by atomic mass is 10.1. The highest BCUT2D eigenvalue weighted by molar-refractivity contribution is 7.99. The van der Waals surface area contributed by atoms with E-state index in [4.69, 9.17) is 57.4 Å². The Morgan fingerprint density at radius 1 is 0.436 bits per heavy atom. The molecule has 6 aromatic carbocycles. The summed E-state index contributed by atoms with van der Waals surface area (Å²) in [7, 11) is 4.64. The fraction of sp³-hybridized carbons (Fsp3) is 0.198. The lowest BCUT2D eigenvalue weighted by molar-refractivity contribution is -0.115. The van der Waals surface area contributed by atoms with Gasteiger partial charge < -0.3 is 58.5 Å². The third-order valence-corrected chi connectivity index (χ3v) is 19.5. The molecule has 0 spiro atoms. The maximum absolute atomic E-state index is 13.8. The molecule has 36 heteroatoms. The molecule has 12 aromatic rings. The third kappa shape index (κ3) is 24.9. The lowest BCUT2D eigenvalue weighted by Gasteiger charge is -2.13. The second kappa shape index (κ2) is 42.4. The summed E-state index contributed by atoms with van der Waals surface area (Å²) in [6.45, 7) is 3.21. The zero-order valence-electron chi connectivity index (χ0n) is 62.8. The summed E-state index contributed by atoms with van der Waals surface area (Å²) in [6.07, 6.45) is -4.15. The molecular formula is C81H76Cl2F6N12O13S3. The molecule has 0 radical (unpaired) electrons. The third-order valence-electron chi connectivity index (χ3n) is 16.2. The van der Waals surface area contributed by atoms with Crippen molar-refractivity contribution in [3.05, 3.63) is 265 Å². The van der Waals surface area contributed by atoms with E-state index in [-0.39, 0.29) is 98.5 Å². The van der Waals surface area contributed by atoms with Crippen LogP contribution in [0.4, 0.5) is 43.4 Å². The predicted molar refractivity (Wildman–Crippen MR) is 435 cm³/mol. The molecule has 4 N–H and O–H groups in total. The number of pyridine rings is 3. The second-order valence-electron chi connectivity index (χ2n) is 24.3.